The van der Waals surface area contributed by atoms with Crippen molar-refractivity contribution in [1.29, 1.82) is 0 Å². The van der Waals surface area contributed by atoms with Gasteiger partial charge in [0.1, 0.15) is 22.3 Å². The van der Waals surface area contributed by atoms with Crippen LogP contribution >= 0.6 is 0 Å². The number of furan rings is 2. The fourth-order valence-corrected chi connectivity index (χ4v) is 9.05. The van der Waals surface area contributed by atoms with Gasteiger partial charge in [-0.1, -0.05) is 12.1 Å². The molecule has 0 aliphatic heterocycles. The van der Waals surface area contributed by atoms with Crippen LogP contribution in [0, 0.1) is 0 Å². The average Bonchev–Trinajstić information content (AvgIpc) is 3.90. The summed E-state index contributed by atoms with van der Waals surface area (Å²) in [4.78, 5) is 3.11. The molecule has 0 aliphatic rings. The quantitative estimate of drug-likeness (QED) is 0.156. The van der Waals surface area contributed by atoms with E-state index in [2.05, 4.69) is 0 Å². The van der Waals surface area contributed by atoms with Gasteiger partial charge >= 0.3 is 24.7 Å². The third-order valence-corrected chi connectivity index (χ3v) is 12.3. The molecule has 350 valence electrons. The van der Waals surface area contributed by atoms with Crippen molar-refractivity contribution < 1.29 is 61.5 Å². The van der Waals surface area contributed by atoms with Crippen LogP contribution in [0.5, 0.6) is 0 Å². The number of halogens is 12. The van der Waals surface area contributed by atoms with Crippen LogP contribution in [-0.2, 0) is 24.7 Å². The fourth-order valence-electron chi connectivity index (χ4n) is 9.05. The molecule has 2 aromatic heterocycles. The summed E-state index contributed by atoms with van der Waals surface area (Å²) in [7, 11) is 0. The molecule has 0 saturated heterocycles. The molecule has 9 aromatic carbocycles. The van der Waals surface area contributed by atoms with Crippen LogP contribution in [0.2, 0.25) is 0 Å². The van der Waals surface area contributed by atoms with Gasteiger partial charge in [0.15, 0.2) is 0 Å². The summed E-state index contributed by atoms with van der Waals surface area (Å²) in [5, 5.41) is 5.58. The molecule has 4 nitrogen and oxygen atoms in total. The molecule has 0 radical (unpaired) electrons. The van der Waals surface area contributed by atoms with E-state index in [-0.39, 0.29) is 22.7 Å². The van der Waals surface area contributed by atoms with Crippen molar-refractivity contribution in [3.05, 3.63) is 192 Å². The molecule has 0 atom stereocenters. The van der Waals surface area contributed by atoms with E-state index in [1.807, 2.05) is 24.3 Å². The topological polar surface area (TPSA) is 32.8 Å². The van der Waals surface area contributed by atoms with Crippen LogP contribution in [0.3, 0.4) is 0 Å². The number of anilines is 6. The third-order valence-electron chi connectivity index (χ3n) is 12.3. The zero-order valence-electron chi connectivity index (χ0n) is 35.4. The Morgan fingerprint density at radius 2 is 0.529 bits per heavy atom. The minimum absolute atomic E-state index is 0.269. The maximum atomic E-state index is 13.5. The number of hydrogen-bond donors (Lipinski definition) is 0. The first kappa shape index (κ1) is 44.4. The first-order valence-electron chi connectivity index (χ1n) is 21.2. The van der Waals surface area contributed by atoms with Crippen molar-refractivity contribution in [2.75, 3.05) is 9.80 Å². The Hall–Kier alpha value is -8.14. The molecule has 2 heterocycles. The molecular weight excluding hydrogens is 937 g/mol. The highest BCUT2D eigenvalue weighted by molar-refractivity contribution is 6.30. The van der Waals surface area contributed by atoms with E-state index in [0.29, 0.717) is 55.3 Å². The second-order valence-corrected chi connectivity index (χ2v) is 16.6. The maximum Gasteiger partial charge on any atom is 0.416 e. The predicted octanol–water partition coefficient (Wildman–Crippen LogP) is 18.8. The SMILES string of the molecule is FC(F)(F)c1ccc(N(c2ccc(C(F)(F)F)cc2)c2ccc3c(ccc4c3oc3ccc5oc6c7ccc(N(c8ccc(C(F)(F)F)cc8)c8ccc(C(F)(F)F)cc8)cc7ccc6c5c34)c2)cc1. The van der Waals surface area contributed by atoms with E-state index in [4.69, 9.17) is 8.83 Å². The monoisotopic (exact) mass is 964 g/mol. The number of alkyl halides is 12. The van der Waals surface area contributed by atoms with Crippen molar-refractivity contribution in [2.24, 2.45) is 0 Å². The Bertz CT molecular complexity index is 3450. The summed E-state index contributed by atoms with van der Waals surface area (Å²) in [6.07, 6.45) is -18.4. The van der Waals surface area contributed by atoms with Gasteiger partial charge in [0, 0.05) is 66.4 Å². The molecule has 0 spiro atoms. The van der Waals surface area contributed by atoms with Crippen molar-refractivity contribution >= 4 is 99.5 Å². The minimum atomic E-state index is -4.61. The molecule has 0 fully saturated rings. The number of nitrogens with zero attached hydrogens (tertiary/aromatic N) is 2. The second kappa shape index (κ2) is 15.7. The largest absolute Gasteiger partial charge is 0.455 e. The average molecular weight is 965 g/mol. The van der Waals surface area contributed by atoms with E-state index in [1.54, 1.807) is 58.3 Å². The van der Waals surface area contributed by atoms with Gasteiger partial charge in [0.05, 0.1) is 22.3 Å². The first-order valence-corrected chi connectivity index (χ1v) is 21.2. The summed E-state index contributed by atoms with van der Waals surface area (Å²) in [5.41, 5.74) is 0.470. The maximum absolute atomic E-state index is 13.5. The van der Waals surface area contributed by atoms with Gasteiger partial charge in [0.25, 0.3) is 0 Å². The Balaban J connectivity index is 1.01. The van der Waals surface area contributed by atoms with Gasteiger partial charge in [0.2, 0.25) is 0 Å². The van der Waals surface area contributed by atoms with Gasteiger partial charge in [-0.2, -0.15) is 52.7 Å². The third kappa shape index (κ3) is 7.63. The Morgan fingerprint density at radius 3 is 0.800 bits per heavy atom. The molecule has 11 aromatic rings. The van der Waals surface area contributed by atoms with Crippen molar-refractivity contribution in [3.63, 3.8) is 0 Å². The zero-order valence-corrected chi connectivity index (χ0v) is 35.4. The Kier molecular flexibility index (Phi) is 9.95. The number of hydrogen-bond acceptors (Lipinski definition) is 4. The molecule has 70 heavy (non-hydrogen) atoms. The van der Waals surface area contributed by atoms with E-state index in [1.165, 1.54) is 48.5 Å². The lowest BCUT2D eigenvalue weighted by atomic mass is 10.00. The lowest BCUT2D eigenvalue weighted by molar-refractivity contribution is -0.138. The summed E-state index contributed by atoms with van der Waals surface area (Å²) in [6.45, 7) is 0. The van der Waals surface area contributed by atoms with Crippen molar-refractivity contribution in [2.45, 2.75) is 24.7 Å². The van der Waals surface area contributed by atoms with Crippen LogP contribution in [0.1, 0.15) is 22.3 Å². The van der Waals surface area contributed by atoms with Gasteiger partial charge < -0.3 is 18.6 Å². The lowest BCUT2D eigenvalue weighted by Crippen LogP contribution is -2.12. The highest BCUT2D eigenvalue weighted by atomic mass is 19.4. The first-order chi connectivity index (χ1) is 33.2. The molecule has 0 N–H and O–H groups in total. The predicted molar refractivity (Wildman–Crippen MR) is 245 cm³/mol. The van der Waals surface area contributed by atoms with Crippen LogP contribution in [0.25, 0.3) is 65.4 Å². The van der Waals surface area contributed by atoms with Crippen LogP contribution < -0.4 is 9.80 Å². The molecule has 0 saturated carbocycles. The van der Waals surface area contributed by atoms with Crippen molar-refractivity contribution in [3.8, 4) is 0 Å². The van der Waals surface area contributed by atoms with Crippen molar-refractivity contribution in [1.82, 2.24) is 0 Å². The Labute approximate surface area is 386 Å². The van der Waals surface area contributed by atoms with Gasteiger partial charge in [-0.3, -0.25) is 0 Å². The number of rotatable bonds is 6. The van der Waals surface area contributed by atoms with Gasteiger partial charge in [-0.25, -0.2) is 0 Å². The molecule has 0 unspecified atom stereocenters. The van der Waals surface area contributed by atoms with E-state index in [9.17, 15) is 52.7 Å². The number of benzene rings is 9. The summed E-state index contributed by atoms with van der Waals surface area (Å²) < 4.78 is 175. The lowest BCUT2D eigenvalue weighted by Gasteiger charge is -2.26. The fraction of sp³-hybridized carbons (Fsp3) is 0.0741. The van der Waals surface area contributed by atoms with Gasteiger partial charge in [-0.15, -0.1) is 0 Å². The van der Waals surface area contributed by atoms with E-state index < -0.39 is 47.0 Å². The Morgan fingerprint density at radius 1 is 0.271 bits per heavy atom. The molecule has 0 aliphatic carbocycles. The normalized spacial score (nSPS) is 12.9. The zero-order chi connectivity index (χ0) is 49.1. The molecule has 11 rings (SSSR count). The second-order valence-electron chi connectivity index (χ2n) is 16.6. The highest BCUT2D eigenvalue weighted by Crippen LogP contribution is 2.47. The summed E-state index contributed by atoms with van der Waals surface area (Å²) >= 11 is 0. The van der Waals surface area contributed by atoms with Crippen LogP contribution in [-0.4, -0.2) is 0 Å². The van der Waals surface area contributed by atoms with E-state index >= 15 is 0 Å². The number of fused-ring (bicyclic) bond motifs is 11. The molecule has 0 bridgehead atoms. The summed E-state index contributed by atoms with van der Waals surface area (Å²) in [6, 6.07) is 38.6. The minimum Gasteiger partial charge on any atom is -0.455 e. The molecule has 16 heteroatoms. The molecule has 0 amide bonds. The van der Waals surface area contributed by atoms with Gasteiger partial charge in [-0.05, 0) is 168 Å². The highest BCUT2D eigenvalue weighted by Gasteiger charge is 2.34. The standard InChI is InChI=1S/C54H28F12N2O2/c55-51(56,57)31-3-11-35(12-4-31)67(36-13-5-32(6-14-36)52(58,59)60)39-19-23-41-29(27-39)1-21-43-47-45(69-49(41)43)25-26-46-48(47)44-22-2-30-28-40(20-24-42(30)50(44)70-46)68(37-15-7-33(8-16-37)53(61,62)63)38-17-9-34(10-18-38)54(64,65)66/h1-28H. The smallest absolute Gasteiger partial charge is 0.416 e. The molecular formula is C54H28F12N2O2. The van der Waals surface area contributed by atoms with E-state index in [0.717, 1.165) is 70.1 Å². The van der Waals surface area contributed by atoms with Crippen LogP contribution in [0.15, 0.2) is 179 Å². The van der Waals surface area contributed by atoms with Crippen LogP contribution in [0.4, 0.5) is 86.8 Å². The summed E-state index contributed by atoms with van der Waals surface area (Å²) in [5.74, 6) is 0.